The minimum absolute atomic E-state index is 0.179. The largest absolute Gasteiger partial charge is 0.489 e. The summed E-state index contributed by atoms with van der Waals surface area (Å²) in [7, 11) is 0. The molecule has 0 bridgehead atoms. The second-order valence-corrected chi connectivity index (χ2v) is 10.1. The number of carbonyl (C=O) groups is 4. The Labute approximate surface area is 216 Å². The van der Waals surface area contributed by atoms with Crippen LogP contribution in [0.1, 0.15) is 53.7 Å². The van der Waals surface area contributed by atoms with Crippen molar-refractivity contribution in [3.8, 4) is 5.75 Å². The zero-order valence-corrected chi connectivity index (χ0v) is 21.3. The second-order valence-electron chi connectivity index (χ2n) is 10.1. The molecule has 0 saturated carbocycles. The third kappa shape index (κ3) is 4.83. The molecule has 1 atom stereocenters. The van der Waals surface area contributed by atoms with Gasteiger partial charge in [-0.2, -0.15) is 0 Å². The van der Waals surface area contributed by atoms with Crippen molar-refractivity contribution in [3.63, 3.8) is 0 Å². The van der Waals surface area contributed by atoms with E-state index >= 15 is 0 Å². The Morgan fingerprint density at radius 1 is 0.973 bits per heavy atom. The number of piperazine rings is 1. The van der Waals surface area contributed by atoms with Crippen molar-refractivity contribution < 1.29 is 23.9 Å². The number of hydrogen-bond acceptors (Lipinski definition) is 6. The smallest absolute Gasteiger partial charge is 0.255 e. The molecule has 0 spiro atoms. The summed E-state index contributed by atoms with van der Waals surface area (Å²) in [5, 5.41) is 2.37. The van der Waals surface area contributed by atoms with Crippen LogP contribution >= 0.6 is 0 Å². The molecule has 2 aromatic carbocycles. The molecule has 0 aliphatic carbocycles. The van der Waals surface area contributed by atoms with Gasteiger partial charge in [0.15, 0.2) is 0 Å². The fourth-order valence-corrected chi connectivity index (χ4v) is 5.28. The van der Waals surface area contributed by atoms with Crippen LogP contribution in [-0.2, 0) is 34.1 Å². The van der Waals surface area contributed by atoms with Crippen LogP contribution in [0.5, 0.6) is 5.75 Å². The van der Waals surface area contributed by atoms with Gasteiger partial charge in [-0.3, -0.25) is 29.4 Å². The van der Waals surface area contributed by atoms with Crippen LogP contribution in [0.25, 0.3) is 0 Å². The van der Waals surface area contributed by atoms with Crippen molar-refractivity contribution in [1.29, 1.82) is 0 Å². The lowest BCUT2D eigenvalue weighted by atomic mass is 9.89. The van der Waals surface area contributed by atoms with Gasteiger partial charge in [-0.15, -0.1) is 0 Å². The van der Waals surface area contributed by atoms with Crippen LogP contribution < -0.4 is 10.1 Å². The van der Waals surface area contributed by atoms with E-state index in [2.05, 4.69) is 22.3 Å². The fourth-order valence-electron chi connectivity index (χ4n) is 5.28. The Kier molecular flexibility index (Phi) is 6.72. The molecule has 1 N–H and O–H groups in total. The van der Waals surface area contributed by atoms with Gasteiger partial charge in [-0.05, 0) is 43.5 Å². The molecule has 0 aromatic heterocycles. The molecule has 2 saturated heterocycles. The predicted molar refractivity (Wildman–Crippen MR) is 135 cm³/mol. The molecule has 2 aromatic rings. The number of nitrogens with one attached hydrogen (secondary N) is 1. The van der Waals surface area contributed by atoms with E-state index < -0.39 is 11.4 Å². The van der Waals surface area contributed by atoms with Crippen LogP contribution in [0.3, 0.4) is 0 Å². The van der Waals surface area contributed by atoms with Crippen molar-refractivity contribution in [2.24, 2.45) is 0 Å². The average Bonchev–Trinajstić information content (AvgIpc) is 3.24. The van der Waals surface area contributed by atoms with Crippen molar-refractivity contribution in [2.75, 3.05) is 26.2 Å². The first kappa shape index (κ1) is 25.0. The Bertz CT molecular complexity index is 1240. The lowest BCUT2D eigenvalue weighted by Gasteiger charge is -2.39. The zero-order chi connectivity index (χ0) is 26.2. The Balaban J connectivity index is 1.22. The number of rotatable bonds is 7. The summed E-state index contributed by atoms with van der Waals surface area (Å²) >= 11 is 0. The highest BCUT2D eigenvalue weighted by atomic mass is 16.5. The van der Waals surface area contributed by atoms with E-state index in [1.807, 2.05) is 30.0 Å². The first-order chi connectivity index (χ1) is 17.8. The number of amides is 4. The van der Waals surface area contributed by atoms with E-state index in [-0.39, 0.29) is 30.7 Å². The first-order valence-corrected chi connectivity index (χ1v) is 12.8. The Morgan fingerprint density at radius 2 is 1.73 bits per heavy atom. The molecular formula is C28H32N4O5. The number of carbonyl (C=O) groups excluding carboxylic acids is 4. The van der Waals surface area contributed by atoms with Crippen molar-refractivity contribution in [2.45, 2.75) is 51.9 Å². The number of imide groups is 1. The van der Waals surface area contributed by atoms with E-state index in [0.717, 1.165) is 42.9 Å². The summed E-state index contributed by atoms with van der Waals surface area (Å²) in [6.07, 6.45) is 0.495. The van der Waals surface area contributed by atoms with Crippen LogP contribution in [0, 0.1) is 0 Å². The van der Waals surface area contributed by atoms with Crippen molar-refractivity contribution in [1.82, 2.24) is 20.0 Å². The summed E-state index contributed by atoms with van der Waals surface area (Å²) < 4.78 is 6.13. The lowest BCUT2D eigenvalue weighted by Crippen LogP contribution is -2.61. The highest BCUT2D eigenvalue weighted by Gasteiger charge is 2.49. The Hall–Kier alpha value is -3.72. The summed E-state index contributed by atoms with van der Waals surface area (Å²) in [6.45, 7) is 7.88. The maximum Gasteiger partial charge on any atom is 0.255 e. The second kappa shape index (κ2) is 9.97. The van der Waals surface area contributed by atoms with Crippen molar-refractivity contribution in [3.05, 3.63) is 64.7 Å². The third-order valence-electron chi connectivity index (χ3n) is 7.70. The van der Waals surface area contributed by atoms with Crippen LogP contribution in [-0.4, -0.2) is 70.0 Å². The maximum absolute atomic E-state index is 13.2. The molecule has 9 nitrogen and oxygen atoms in total. The maximum atomic E-state index is 13.2. The number of benzene rings is 2. The summed E-state index contributed by atoms with van der Waals surface area (Å²) in [4.78, 5) is 55.2. The van der Waals surface area contributed by atoms with Gasteiger partial charge in [0.1, 0.15) is 17.9 Å². The van der Waals surface area contributed by atoms with E-state index in [4.69, 9.17) is 4.74 Å². The minimum atomic E-state index is -1.08. The fraction of sp³-hybridized carbons (Fsp3) is 0.429. The predicted octanol–water partition coefficient (Wildman–Crippen LogP) is 2.08. The molecule has 3 aliphatic heterocycles. The molecule has 0 radical (unpaired) electrons. The lowest BCUT2D eigenvalue weighted by molar-refractivity contribution is -0.142. The van der Waals surface area contributed by atoms with Gasteiger partial charge >= 0.3 is 0 Å². The van der Waals surface area contributed by atoms with Gasteiger partial charge in [0.25, 0.3) is 11.8 Å². The molecule has 37 heavy (non-hydrogen) atoms. The average molecular weight is 505 g/mol. The number of fused-ring (bicyclic) bond motifs is 1. The van der Waals surface area contributed by atoms with E-state index in [0.29, 0.717) is 30.9 Å². The van der Waals surface area contributed by atoms with Gasteiger partial charge in [-0.25, -0.2) is 0 Å². The third-order valence-corrected chi connectivity index (χ3v) is 7.70. The van der Waals surface area contributed by atoms with Crippen molar-refractivity contribution >= 4 is 23.6 Å². The van der Waals surface area contributed by atoms with Gasteiger partial charge < -0.3 is 14.5 Å². The molecule has 3 heterocycles. The molecule has 9 heteroatoms. The Morgan fingerprint density at radius 3 is 2.43 bits per heavy atom. The summed E-state index contributed by atoms with van der Waals surface area (Å²) in [5.74, 6) is -0.188. The first-order valence-electron chi connectivity index (χ1n) is 12.8. The topological polar surface area (TPSA) is 99.3 Å². The van der Waals surface area contributed by atoms with E-state index in [9.17, 15) is 19.2 Å². The van der Waals surface area contributed by atoms with Gasteiger partial charge in [-0.1, -0.05) is 30.3 Å². The molecule has 5 rings (SSSR count). The minimum Gasteiger partial charge on any atom is -0.489 e. The monoisotopic (exact) mass is 504 g/mol. The van der Waals surface area contributed by atoms with Crippen LogP contribution in [0.15, 0.2) is 42.5 Å². The van der Waals surface area contributed by atoms with Crippen LogP contribution in [0.4, 0.5) is 0 Å². The standard InChI is InChI=1S/C28H32N4O5/c1-3-31-14-13-30(17-25(31)34)15-19-7-9-20(10-8-19)18-37-23-6-4-5-21-22(23)16-32(26(21)35)28(2)12-11-24(33)29-27(28)36/h4-10H,3,11-18H2,1-2H3,(H,29,33,36)/t28-/m0/s1. The summed E-state index contributed by atoms with van der Waals surface area (Å²) in [5.41, 5.74) is 2.33. The quantitative estimate of drug-likeness (QED) is 0.580. The zero-order valence-electron chi connectivity index (χ0n) is 21.3. The number of ether oxygens (including phenoxy) is 1. The highest BCUT2D eigenvalue weighted by molar-refractivity contribution is 6.07. The van der Waals surface area contributed by atoms with Gasteiger partial charge in [0.2, 0.25) is 11.8 Å². The normalized spacial score (nSPS) is 22.3. The molecule has 194 valence electrons. The molecular weight excluding hydrogens is 472 g/mol. The molecule has 3 aliphatic rings. The van der Waals surface area contributed by atoms with Gasteiger partial charge in [0, 0.05) is 43.7 Å². The number of hydrogen-bond donors (Lipinski definition) is 1. The molecule has 2 fully saturated rings. The number of piperidine rings is 1. The highest BCUT2D eigenvalue weighted by Crippen LogP contribution is 2.38. The molecule has 4 amide bonds. The number of nitrogens with zero attached hydrogens (tertiary/aromatic N) is 3. The van der Waals surface area contributed by atoms with E-state index in [1.165, 1.54) is 0 Å². The number of likely N-dealkylation sites (N-methyl/N-ethyl adjacent to an activating group) is 1. The van der Waals surface area contributed by atoms with Gasteiger partial charge in [0.05, 0.1) is 13.1 Å². The SMILES string of the molecule is CCN1CCN(Cc2ccc(COc3cccc4c3CN([C@@]3(C)CCC(=O)NC3=O)C4=O)cc2)CC1=O. The molecule has 0 unspecified atom stereocenters. The van der Waals surface area contributed by atoms with Crippen LogP contribution in [0.2, 0.25) is 0 Å². The van der Waals surface area contributed by atoms with E-state index in [1.54, 1.807) is 24.0 Å². The summed E-state index contributed by atoms with van der Waals surface area (Å²) in [6, 6.07) is 13.5.